The van der Waals surface area contributed by atoms with Crippen molar-refractivity contribution in [1.82, 2.24) is 0 Å². The molecule has 0 saturated carbocycles. The van der Waals surface area contributed by atoms with Crippen molar-refractivity contribution in [2.75, 3.05) is 4.90 Å². The second kappa shape index (κ2) is 12.2. The number of furan rings is 2. The minimum absolute atomic E-state index is 0.139. The fraction of sp³-hybridized carbons (Fsp3) is 0.0526. The largest absolute Gasteiger partial charge is 0.456 e. The quantitative estimate of drug-likeness (QED) is 0.167. The molecule has 60 heavy (non-hydrogen) atoms. The molecule has 10 aromatic carbocycles. The standard InChI is InChI=1S/C57H37NO2/c1-57(2)49-19-8-5-13-41(49)42-29-27-37(33-50(42)57)58(35-24-22-34(23-25-35)38-17-11-18-46-43-14-6-9-20-51(43)60-56(38)46)36-26-28-40-39-12-3-4-15-44(39)54-45(48(40)32-36)30-31-53-55(54)47-16-7-10-21-52(47)59-53/h3-33H,1-2H3. The van der Waals surface area contributed by atoms with Crippen LogP contribution in [0, 0.1) is 0 Å². The van der Waals surface area contributed by atoms with Crippen LogP contribution in [0.25, 0.3) is 98.4 Å². The summed E-state index contributed by atoms with van der Waals surface area (Å²) in [6.07, 6.45) is 0. The molecular formula is C57H37NO2. The number of hydrogen-bond donors (Lipinski definition) is 0. The van der Waals surface area contributed by atoms with E-state index in [1.807, 2.05) is 18.2 Å². The fourth-order valence-electron chi connectivity index (χ4n) is 10.4. The number of benzene rings is 10. The molecule has 0 unspecified atom stereocenters. The second-order valence-corrected chi connectivity index (χ2v) is 16.8. The summed E-state index contributed by atoms with van der Waals surface area (Å²) >= 11 is 0. The lowest BCUT2D eigenvalue weighted by Crippen LogP contribution is -2.16. The number of rotatable bonds is 4. The van der Waals surface area contributed by atoms with Crippen LogP contribution in [0.2, 0.25) is 0 Å². The van der Waals surface area contributed by atoms with Crippen LogP contribution in [0.1, 0.15) is 25.0 Å². The van der Waals surface area contributed by atoms with Crippen molar-refractivity contribution in [3.8, 4) is 22.3 Å². The van der Waals surface area contributed by atoms with Crippen LogP contribution in [-0.2, 0) is 5.41 Å². The Balaban J connectivity index is 1.04. The van der Waals surface area contributed by atoms with Crippen LogP contribution in [0.4, 0.5) is 17.1 Å². The average Bonchev–Trinajstić information content (AvgIpc) is 3.94. The maximum Gasteiger partial charge on any atom is 0.143 e. The normalized spacial score (nSPS) is 13.3. The molecule has 0 amide bonds. The number of hydrogen-bond acceptors (Lipinski definition) is 3. The van der Waals surface area contributed by atoms with Gasteiger partial charge in [-0.05, 0) is 115 Å². The van der Waals surface area contributed by atoms with E-state index in [1.54, 1.807) is 0 Å². The molecule has 0 atom stereocenters. The van der Waals surface area contributed by atoms with Crippen molar-refractivity contribution >= 4 is 93.3 Å². The molecule has 2 heterocycles. The van der Waals surface area contributed by atoms with Gasteiger partial charge in [-0.2, -0.15) is 0 Å². The van der Waals surface area contributed by atoms with Gasteiger partial charge in [0.1, 0.15) is 22.3 Å². The van der Waals surface area contributed by atoms with Gasteiger partial charge in [0, 0.05) is 55.0 Å². The van der Waals surface area contributed by atoms with Gasteiger partial charge in [0.05, 0.1) is 0 Å². The first-order chi connectivity index (χ1) is 29.5. The molecule has 1 aliphatic carbocycles. The van der Waals surface area contributed by atoms with E-state index in [9.17, 15) is 0 Å². The summed E-state index contributed by atoms with van der Waals surface area (Å²) in [6.45, 7) is 4.71. The Bertz CT molecular complexity index is 3750. The van der Waals surface area contributed by atoms with Crippen LogP contribution < -0.4 is 4.90 Å². The molecule has 1 aliphatic rings. The van der Waals surface area contributed by atoms with Crippen molar-refractivity contribution in [3.05, 3.63) is 199 Å². The molecule has 0 fully saturated rings. The number of fused-ring (bicyclic) bond motifs is 16. The summed E-state index contributed by atoms with van der Waals surface area (Å²) in [5.41, 5.74) is 14.3. The summed E-state index contributed by atoms with van der Waals surface area (Å²) in [5, 5.41) is 11.9. The van der Waals surface area contributed by atoms with E-state index in [-0.39, 0.29) is 5.41 Å². The van der Waals surface area contributed by atoms with Gasteiger partial charge in [-0.3, -0.25) is 0 Å². The Hall–Kier alpha value is -7.62. The minimum atomic E-state index is -0.139. The molecule has 13 rings (SSSR count). The molecule has 282 valence electrons. The lowest BCUT2D eigenvalue weighted by molar-refractivity contribution is 0.660. The minimum Gasteiger partial charge on any atom is -0.456 e. The zero-order valence-corrected chi connectivity index (χ0v) is 33.2. The molecule has 0 aliphatic heterocycles. The molecule has 0 saturated heterocycles. The van der Waals surface area contributed by atoms with E-state index in [4.69, 9.17) is 8.83 Å². The Morgan fingerprint density at radius 2 is 0.933 bits per heavy atom. The zero-order chi connectivity index (χ0) is 39.7. The maximum atomic E-state index is 6.48. The number of para-hydroxylation sites is 3. The van der Waals surface area contributed by atoms with E-state index in [0.717, 1.165) is 66.7 Å². The third-order valence-corrected chi connectivity index (χ3v) is 13.2. The topological polar surface area (TPSA) is 29.5 Å². The molecule has 0 spiro atoms. The third kappa shape index (κ3) is 4.60. The van der Waals surface area contributed by atoms with Crippen molar-refractivity contribution < 1.29 is 8.83 Å². The van der Waals surface area contributed by atoms with Crippen molar-refractivity contribution in [2.24, 2.45) is 0 Å². The average molecular weight is 768 g/mol. The van der Waals surface area contributed by atoms with Crippen molar-refractivity contribution in [3.63, 3.8) is 0 Å². The monoisotopic (exact) mass is 767 g/mol. The number of nitrogens with zero attached hydrogens (tertiary/aromatic N) is 1. The van der Waals surface area contributed by atoms with Gasteiger partial charge in [-0.25, -0.2) is 0 Å². The van der Waals surface area contributed by atoms with Gasteiger partial charge >= 0.3 is 0 Å². The predicted molar refractivity (Wildman–Crippen MR) is 251 cm³/mol. The molecule has 3 heteroatoms. The van der Waals surface area contributed by atoms with Crippen molar-refractivity contribution in [1.29, 1.82) is 0 Å². The third-order valence-electron chi connectivity index (χ3n) is 13.2. The van der Waals surface area contributed by atoms with Crippen LogP contribution in [0.3, 0.4) is 0 Å². The zero-order valence-electron chi connectivity index (χ0n) is 33.2. The SMILES string of the molecule is CC1(C)c2ccccc2-c2ccc(N(c3ccc(-c4cccc5c4oc4ccccc45)cc3)c3ccc4c5ccccc5c5c(ccc6oc7ccccc7c65)c4c3)cc21. The van der Waals surface area contributed by atoms with Gasteiger partial charge in [-0.1, -0.05) is 141 Å². The van der Waals surface area contributed by atoms with E-state index < -0.39 is 0 Å². The van der Waals surface area contributed by atoms with Crippen LogP contribution >= 0.6 is 0 Å². The Morgan fingerprint density at radius 1 is 0.350 bits per heavy atom. The smallest absolute Gasteiger partial charge is 0.143 e. The van der Waals surface area contributed by atoms with E-state index >= 15 is 0 Å². The fourth-order valence-corrected chi connectivity index (χ4v) is 10.4. The van der Waals surface area contributed by atoms with Crippen molar-refractivity contribution in [2.45, 2.75) is 19.3 Å². The van der Waals surface area contributed by atoms with Gasteiger partial charge in [0.15, 0.2) is 0 Å². The molecule has 0 bridgehead atoms. The second-order valence-electron chi connectivity index (χ2n) is 16.8. The molecular weight excluding hydrogens is 731 g/mol. The van der Waals surface area contributed by atoms with Gasteiger partial charge in [-0.15, -0.1) is 0 Å². The first-order valence-electron chi connectivity index (χ1n) is 20.7. The van der Waals surface area contributed by atoms with Gasteiger partial charge in [0.25, 0.3) is 0 Å². The van der Waals surface area contributed by atoms with E-state index in [1.165, 1.54) is 60.0 Å². The highest BCUT2D eigenvalue weighted by atomic mass is 16.3. The van der Waals surface area contributed by atoms with E-state index in [0.29, 0.717) is 0 Å². The van der Waals surface area contributed by atoms with Crippen LogP contribution in [0.15, 0.2) is 197 Å². The molecule has 0 N–H and O–H groups in total. The molecule has 3 nitrogen and oxygen atoms in total. The summed E-state index contributed by atoms with van der Waals surface area (Å²) in [7, 11) is 0. The predicted octanol–water partition coefficient (Wildman–Crippen LogP) is 16.4. The maximum absolute atomic E-state index is 6.48. The summed E-state index contributed by atoms with van der Waals surface area (Å²) in [6, 6.07) is 68.3. The van der Waals surface area contributed by atoms with Gasteiger partial charge < -0.3 is 13.7 Å². The first-order valence-corrected chi connectivity index (χ1v) is 20.7. The summed E-state index contributed by atoms with van der Waals surface area (Å²) < 4.78 is 12.9. The molecule has 2 aromatic heterocycles. The lowest BCUT2D eigenvalue weighted by Gasteiger charge is -2.28. The van der Waals surface area contributed by atoms with E-state index in [2.05, 4.69) is 189 Å². The highest BCUT2D eigenvalue weighted by Gasteiger charge is 2.36. The highest BCUT2D eigenvalue weighted by molar-refractivity contribution is 6.34. The summed E-state index contributed by atoms with van der Waals surface area (Å²) in [5.74, 6) is 0. The lowest BCUT2D eigenvalue weighted by atomic mass is 9.82. The Morgan fingerprint density at radius 3 is 1.78 bits per heavy atom. The number of anilines is 3. The first kappa shape index (κ1) is 33.4. The highest BCUT2D eigenvalue weighted by Crippen LogP contribution is 2.51. The summed E-state index contributed by atoms with van der Waals surface area (Å²) in [4.78, 5) is 2.43. The molecule has 0 radical (unpaired) electrons. The van der Waals surface area contributed by atoms with Crippen LogP contribution in [-0.4, -0.2) is 0 Å². The Labute approximate surface area is 346 Å². The van der Waals surface area contributed by atoms with Gasteiger partial charge in [0.2, 0.25) is 0 Å². The molecule has 12 aromatic rings. The Kier molecular flexibility index (Phi) is 6.78. The van der Waals surface area contributed by atoms with Crippen LogP contribution in [0.5, 0.6) is 0 Å².